The van der Waals surface area contributed by atoms with Crippen LogP contribution in [0.25, 0.3) is 0 Å². The third-order valence-electron chi connectivity index (χ3n) is 10.7. The van der Waals surface area contributed by atoms with E-state index < -0.39 is 5.97 Å². The van der Waals surface area contributed by atoms with Gasteiger partial charge in [-0.3, -0.25) is 9.69 Å². The third kappa shape index (κ3) is 51.5. The highest BCUT2D eigenvalue weighted by atomic mass is 16.4. The van der Waals surface area contributed by atoms with Gasteiger partial charge in [-0.1, -0.05) is 239 Å². The van der Waals surface area contributed by atoms with Crippen molar-refractivity contribution in [2.24, 2.45) is 0 Å². The summed E-state index contributed by atoms with van der Waals surface area (Å²) in [5, 5.41) is 26.5. The lowest BCUT2D eigenvalue weighted by Gasteiger charge is -2.19. The first-order chi connectivity index (χ1) is 25.1. The molecule has 3 N–H and O–H groups in total. The van der Waals surface area contributed by atoms with E-state index >= 15 is 0 Å². The van der Waals surface area contributed by atoms with Crippen LogP contribution in [0, 0.1) is 0 Å². The van der Waals surface area contributed by atoms with Crippen LogP contribution in [0.4, 0.5) is 0 Å². The van der Waals surface area contributed by atoms with Crippen LogP contribution < -0.4 is 0 Å². The molecule has 0 atom stereocenters. The summed E-state index contributed by atoms with van der Waals surface area (Å²) in [6.07, 6.45) is 51.4. The van der Waals surface area contributed by atoms with E-state index in [4.69, 9.17) is 15.3 Å². The largest absolute Gasteiger partial charge is 0.481 e. The zero-order valence-corrected chi connectivity index (χ0v) is 35.1. The minimum absolute atomic E-state index is 0.193. The number of rotatable bonds is 43. The van der Waals surface area contributed by atoms with Crippen molar-refractivity contribution < 1.29 is 20.1 Å². The summed E-state index contributed by atoms with van der Waals surface area (Å²) in [5.74, 6) is -0.651. The molecule has 0 amide bonds. The topological polar surface area (TPSA) is 81.0 Å². The summed E-state index contributed by atoms with van der Waals surface area (Å²) in [6, 6.07) is 0. The predicted molar refractivity (Wildman–Crippen MR) is 225 cm³/mol. The number of aliphatic hydroxyl groups is 2. The van der Waals surface area contributed by atoms with Crippen molar-refractivity contribution >= 4 is 5.97 Å². The first-order valence-electron chi connectivity index (χ1n) is 23.3. The SMILES string of the molecule is CCCCCCCCCCCCCCCCCCCCCC(=O)O.CCCCCCCCCCCCCCCCCCCCN(CCO)CCO. The molecule has 0 aliphatic rings. The lowest BCUT2D eigenvalue weighted by Crippen LogP contribution is -2.30. The second-order valence-electron chi connectivity index (χ2n) is 15.8. The molecule has 0 rings (SSSR count). The van der Waals surface area contributed by atoms with E-state index in [1.54, 1.807) is 0 Å². The first-order valence-corrected chi connectivity index (χ1v) is 23.3. The first kappa shape index (κ1) is 52.5. The fourth-order valence-corrected chi connectivity index (χ4v) is 7.21. The molecule has 0 saturated carbocycles. The van der Waals surface area contributed by atoms with Gasteiger partial charge >= 0.3 is 5.97 Å². The molecule has 0 aromatic rings. The molecule has 0 radical (unpaired) electrons. The lowest BCUT2D eigenvalue weighted by molar-refractivity contribution is -0.137. The van der Waals surface area contributed by atoms with E-state index in [-0.39, 0.29) is 13.2 Å². The Labute approximate surface area is 320 Å². The van der Waals surface area contributed by atoms with Crippen molar-refractivity contribution in [2.45, 2.75) is 258 Å². The lowest BCUT2D eigenvalue weighted by atomic mass is 10.0. The van der Waals surface area contributed by atoms with Gasteiger partial charge in [0.15, 0.2) is 0 Å². The van der Waals surface area contributed by atoms with Crippen molar-refractivity contribution in [2.75, 3.05) is 32.8 Å². The van der Waals surface area contributed by atoms with E-state index in [2.05, 4.69) is 18.7 Å². The average Bonchev–Trinajstić information content (AvgIpc) is 3.12. The van der Waals surface area contributed by atoms with E-state index in [0.717, 1.165) is 19.4 Å². The van der Waals surface area contributed by atoms with Crippen molar-refractivity contribution in [3.05, 3.63) is 0 Å². The molecule has 0 spiro atoms. The zero-order valence-electron chi connectivity index (χ0n) is 35.1. The van der Waals surface area contributed by atoms with Gasteiger partial charge in [0, 0.05) is 19.5 Å². The van der Waals surface area contributed by atoms with Crippen LogP contribution in [0.5, 0.6) is 0 Å². The molecule has 0 saturated heterocycles. The Balaban J connectivity index is 0. The summed E-state index contributed by atoms with van der Waals surface area (Å²) in [4.78, 5) is 12.5. The zero-order chi connectivity index (χ0) is 37.6. The average molecular weight is 726 g/mol. The summed E-state index contributed by atoms with van der Waals surface area (Å²) in [6.45, 7) is 7.36. The fourth-order valence-electron chi connectivity index (χ4n) is 7.21. The molecule has 5 heteroatoms. The van der Waals surface area contributed by atoms with Crippen molar-refractivity contribution in [3.8, 4) is 0 Å². The standard InChI is InChI=1S/C24H51NO2.C22H44O2/c1-2-3-4-5-6-7-8-9-10-11-12-13-14-15-16-17-18-19-20-25(21-23-26)22-24-27;1-2-3-4-5-6-7-8-9-10-11-12-13-14-15-16-17-18-19-20-21-22(23)24/h26-27H,2-24H2,1H3;2-21H2,1H3,(H,23,24). The van der Waals surface area contributed by atoms with Gasteiger partial charge in [-0.05, 0) is 19.4 Å². The van der Waals surface area contributed by atoms with Gasteiger partial charge in [-0.25, -0.2) is 0 Å². The number of nitrogens with zero attached hydrogens (tertiary/aromatic N) is 1. The highest BCUT2D eigenvalue weighted by Gasteiger charge is 2.03. The Morgan fingerprint density at radius 1 is 0.333 bits per heavy atom. The van der Waals surface area contributed by atoms with Crippen LogP contribution >= 0.6 is 0 Å². The minimum Gasteiger partial charge on any atom is -0.481 e. The highest BCUT2D eigenvalue weighted by molar-refractivity contribution is 5.66. The molecule has 0 aliphatic carbocycles. The second-order valence-corrected chi connectivity index (χ2v) is 15.8. The van der Waals surface area contributed by atoms with Crippen molar-refractivity contribution in [1.82, 2.24) is 4.90 Å². The molecule has 0 unspecified atom stereocenters. The van der Waals surface area contributed by atoms with Crippen LogP contribution in [-0.4, -0.2) is 59.0 Å². The van der Waals surface area contributed by atoms with Gasteiger partial charge in [-0.15, -0.1) is 0 Å². The smallest absolute Gasteiger partial charge is 0.303 e. The van der Waals surface area contributed by atoms with Crippen LogP contribution in [0.3, 0.4) is 0 Å². The van der Waals surface area contributed by atoms with Gasteiger partial charge < -0.3 is 15.3 Å². The summed E-state index contributed by atoms with van der Waals surface area (Å²) >= 11 is 0. The minimum atomic E-state index is -0.651. The van der Waals surface area contributed by atoms with E-state index in [1.165, 1.54) is 225 Å². The van der Waals surface area contributed by atoms with Gasteiger partial charge in [-0.2, -0.15) is 0 Å². The number of carboxylic acid groups (broad SMARTS) is 1. The molecule has 51 heavy (non-hydrogen) atoms. The maximum Gasteiger partial charge on any atom is 0.303 e. The van der Waals surface area contributed by atoms with Crippen LogP contribution in [0.15, 0.2) is 0 Å². The molecule has 308 valence electrons. The monoisotopic (exact) mass is 726 g/mol. The van der Waals surface area contributed by atoms with E-state index in [1.807, 2.05) is 0 Å². The molecule has 0 aromatic carbocycles. The predicted octanol–water partition coefficient (Wildman–Crippen LogP) is 14.2. The number of hydrogen-bond donors (Lipinski definition) is 3. The molecule has 5 nitrogen and oxygen atoms in total. The summed E-state index contributed by atoms with van der Waals surface area (Å²) < 4.78 is 0. The molecule has 0 fully saturated rings. The summed E-state index contributed by atoms with van der Waals surface area (Å²) in [5.41, 5.74) is 0. The van der Waals surface area contributed by atoms with Gasteiger partial charge in [0.1, 0.15) is 0 Å². The Kier molecular flexibility index (Phi) is 50.8. The molecule has 0 aliphatic heterocycles. The van der Waals surface area contributed by atoms with Crippen LogP contribution in [0.2, 0.25) is 0 Å². The Hall–Kier alpha value is -0.650. The van der Waals surface area contributed by atoms with Gasteiger partial charge in [0.25, 0.3) is 0 Å². The van der Waals surface area contributed by atoms with Crippen LogP contribution in [0.1, 0.15) is 258 Å². The maximum atomic E-state index is 10.4. The number of carboxylic acids is 1. The van der Waals surface area contributed by atoms with Gasteiger partial charge in [0.2, 0.25) is 0 Å². The van der Waals surface area contributed by atoms with E-state index in [9.17, 15) is 4.79 Å². The number of hydrogen-bond acceptors (Lipinski definition) is 4. The molecular weight excluding hydrogens is 631 g/mol. The number of unbranched alkanes of at least 4 members (excludes halogenated alkanes) is 35. The Morgan fingerprint density at radius 3 is 0.765 bits per heavy atom. The summed E-state index contributed by atoms with van der Waals surface area (Å²) in [7, 11) is 0. The molecule has 0 heterocycles. The second kappa shape index (κ2) is 49.4. The highest BCUT2D eigenvalue weighted by Crippen LogP contribution is 2.16. The van der Waals surface area contributed by atoms with Gasteiger partial charge in [0.05, 0.1) is 13.2 Å². The normalized spacial score (nSPS) is 11.3. The maximum absolute atomic E-state index is 10.4. The van der Waals surface area contributed by atoms with Crippen LogP contribution in [-0.2, 0) is 4.79 Å². The Bertz CT molecular complexity index is 610. The molecule has 0 bridgehead atoms. The van der Waals surface area contributed by atoms with E-state index in [0.29, 0.717) is 19.5 Å². The quantitative estimate of drug-likeness (QED) is 0.0545. The Morgan fingerprint density at radius 2 is 0.549 bits per heavy atom. The third-order valence-corrected chi connectivity index (χ3v) is 10.7. The molecular formula is C46H95NO4. The fraction of sp³-hybridized carbons (Fsp3) is 0.978. The number of aliphatic hydroxyl groups excluding tert-OH is 2. The van der Waals surface area contributed by atoms with Crippen molar-refractivity contribution in [1.29, 1.82) is 0 Å². The number of carbonyl (C=O) groups is 1. The van der Waals surface area contributed by atoms with Crippen molar-refractivity contribution in [3.63, 3.8) is 0 Å². The number of aliphatic carboxylic acids is 1. The molecule has 0 aromatic heterocycles.